The Bertz CT molecular complexity index is 1070. The average Bonchev–Trinajstić information content (AvgIpc) is 2.86. The van der Waals surface area contributed by atoms with Crippen molar-refractivity contribution in [2.24, 2.45) is 5.92 Å². The highest BCUT2D eigenvalue weighted by Crippen LogP contribution is 2.28. The number of ether oxygens (including phenoxy) is 1. The number of carbonyl (C=O) groups is 1. The molecule has 6 nitrogen and oxygen atoms in total. The zero-order chi connectivity index (χ0) is 24.5. The molecule has 0 bridgehead atoms. The number of aromatic nitrogens is 3. The molecule has 1 aromatic carbocycles. The maximum absolute atomic E-state index is 13.7. The van der Waals surface area contributed by atoms with E-state index in [-0.39, 0.29) is 17.9 Å². The molecule has 3 rings (SSSR count). The summed E-state index contributed by atoms with van der Waals surface area (Å²) in [6.45, 7) is 4.58. The van der Waals surface area contributed by atoms with Gasteiger partial charge in [0.15, 0.2) is 5.82 Å². The van der Waals surface area contributed by atoms with Crippen LogP contribution in [0.3, 0.4) is 0 Å². The number of hydrogen-bond acceptors (Lipinski definition) is 5. The Morgan fingerprint density at radius 1 is 1.09 bits per heavy atom. The lowest BCUT2D eigenvalue weighted by Crippen LogP contribution is -2.44. The second kappa shape index (κ2) is 12.4. The van der Waals surface area contributed by atoms with Gasteiger partial charge in [0.1, 0.15) is 5.82 Å². The third-order valence-corrected chi connectivity index (χ3v) is 6.01. The van der Waals surface area contributed by atoms with E-state index in [9.17, 15) is 9.18 Å². The minimum absolute atomic E-state index is 0.0681. The Hall–Kier alpha value is -3.06. The van der Waals surface area contributed by atoms with E-state index in [0.717, 1.165) is 31.9 Å². The Balaban J connectivity index is 1.87. The molecule has 2 atom stereocenters. The van der Waals surface area contributed by atoms with Crippen molar-refractivity contribution in [3.63, 3.8) is 0 Å². The summed E-state index contributed by atoms with van der Waals surface area (Å²) in [5, 5.41) is 0.472. The van der Waals surface area contributed by atoms with Gasteiger partial charge in [0.2, 0.25) is 5.88 Å². The number of nitrogens with zero attached hydrogens (tertiary/aromatic N) is 4. The van der Waals surface area contributed by atoms with Gasteiger partial charge in [-0.05, 0) is 43.2 Å². The number of rotatable bonds is 11. The third-order valence-electron chi connectivity index (χ3n) is 5.77. The molecule has 1 unspecified atom stereocenters. The summed E-state index contributed by atoms with van der Waals surface area (Å²) in [7, 11) is 1.82. The first-order valence-corrected chi connectivity index (χ1v) is 11.9. The average molecular weight is 485 g/mol. The van der Waals surface area contributed by atoms with E-state index >= 15 is 0 Å². The topological polar surface area (TPSA) is 68.2 Å². The van der Waals surface area contributed by atoms with Gasteiger partial charge in [0.05, 0.1) is 18.4 Å². The van der Waals surface area contributed by atoms with Crippen LogP contribution in [0.25, 0.3) is 11.4 Å². The maximum Gasteiger partial charge on any atom is 0.254 e. The van der Waals surface area contributed by atoms with Crippen LogP contribution >= 0.6 is 11.6 Å². The zero-order valence-corrected chi connectivity index (χ0v) is 20.5. The fraction of sp³-hybridized carbons (Fsp3) is 0.385. The molecule has 0 aliphatic carbocycles. The highest BCUT2D eigenvalue weighted by molar-refractivity contribution is 6.31. The molecule has 8 heteroatoms. The van der Waals surface area contributed by atoms with Gasteiger partial charge in [-0.3, -0.25) is 4.79 Å². The van der Waals surface area contributed by atoms with Gasteiger partial charge < -0.3 is 9.64 Å². The smallest absolute Gasteiger partial charge is 0.254 e. The molecule has 0 spiro atoms. The molecule has 34 heavy (non-hydrogen) atoms. The molecule has 3 aromatic rings. The minimum atomic E-state index is -0.411. The van der Waals surface area contributed by atoms with E-state index in [1.807, 2.05) is 7.05 Å². The van der Waals surface area contributed by atoms with Gasteiger partial charge >= 0.3 is 0 Å². The summed E-state index contributed by atoms with van der Waals surface area (Å²) in [6, 6.07) is 9.68. The number of pyridine rings is 1. The zero-order valence-electron chi connectivity index (χ0n) is 19.7. The summed E-state index contributed by atoms with van der Waals surface area (Å²) in [4.78, 5) is 28.2. The van der Waals surface area contributed by atoms with Gasteiger partial charge in [0, 0.05) is 48.1 Å². The quantitative estimate of drug-likeness (QED) is 0.330. The first-order chi connectivity index (χ1) is 16.4. The molecule has 0 aliphatic heterocycles. The maximum atomic E-state index is 13.7. The van der Waals surface area contributed by atoms with E-state index in [0.29, 0.717) is 34.5 Å². The summed E-state index contributed by atoms with van der Waals surface area (Å²) in [5.41, 5.74) is 1.09. The van der Waals surface area contributed by atoms with Crippen LogP contribution in [0.1, 0.15) is 49.9 Å². The van der Waals surface area contributed by atoms with Crippen LogP contribution in [0.4, 0.5) is 4.39 Å². The van der Waals surface area contributed by atoms with Crippen LogP contribution in [0.5, 0.6) is 5.88 Å². The number of benzene rings is 1. The van der Waals surface area contributed by atoms with Crippen LogP contribution in [0.15, 0.2) is 55.0 Å². The van der Waals surface area contributed by atoms with Gasteiger partial charge in [-0.2, -0.15) is 0 Å². The van der Waals surface area contributed by atoms with Crippen molar-refractivity contribution in [1.82, 2.24) is 19.9 Å². The first-order valence-electron chi connectivity index (χ1n) is 11.5. The summed E-state index contributed by atoms with van der Waals surface area (Å²) in [5.74, 6) is 0.348. The third kappa shape index (κ3) is 6.50. The van der Waals surface area contributed by atoms with Crippen molar-refractivity contribution < 1.29 is 13.9 Å². The van der Waals surface area contributed by atoms with Crippen molar-refractivity contribution in [3.05, 3.63) is 71.4 Å². The summed E-state index contributed by atoms with van der Waals surface area (Å²) in [6.07, 6.45) is 7.95. The Kier molecular flexibility index (Phi) is 9.33. The second-order valence-electron chi connectivity index (χ2n) is 8.21. The van der Waals surface area contributed by atoms with Gasteiger partial charge in [-0.1, -0.05) is 38.3 Å². The first kappa shape index (κ1) is 25.6. The van der Waals surface area contributed by atoms with Crippen molar-refractivity contribution in [2.75, 3.05) is 13.7 Å². The van der Waals surface area contributed by atoms with E-state index < -0.39 is 5.82 Å². The van der Waals surface area contributed by atoms with Gasteiger partial charge in [0.25, 0.3) is 5.91 Å². The minimum Gasteiger partial charge on any atom is -0.477 e. The van der Waals surface area contributed by atoms with E-state index in [1.54, 1.807) is 41.6 Å². The van der Waals surface area contributed by atoms with Gasteiger partial charge in [-0.25, -0.2) is 19.3 Å². The fourth-order valence-corrected chi connectivity index (χ4v) is 4.28. The number of amides is 1. The van der Waals surface area contributed by atoms with Crippen LogP contribution in [-0.4, -0.2) is 45.5 Å². The molecule has 0 fully saturated rings. The van der Waals surface area contributed by atoms with E-state index in [4.69, 9.17) is 16.3 Å². The standard InChI is InChI=1S/C26H30ClFN4O2/c1-4-7-18(17-34-24-12-10-20(28)16-31-24)23(8-5-2)32(3)26(33)22-15-19(27)9-11-21(22)25-29-13-6-14-30-25/h6,9-16,18,23H,4-5,7-8,17H2,1-3H3/t18-,23?/m1/s1. The van der Waals surface area contributed by atoms with Crippen molar-refractivity contribution in [3.8, 4) is 17.3 Å². The SMILES string of the molecule is CCCC([C@H](CCC)COc1ccc(F)cn1)N(C)C(=O)c1cc(Cl)ccc1-c1ncccn1. The number of carbonyl (C=O) groups excluding carboxylic acids is 1. The van der Waals surface area contributed by atoms with Gasteiger partial charge in [-0.15, -0.1) is 0 Å². The molecular weight excluding hydrogens is 455 g/mol. The molecule has 0 aliphatic rings. The molecule has 2 aromatic heterocycles. The molecule has 0 radical (unpaired) electrons. The highest BCUT2D eigenvalue weighted by atomic mass is 35.5. The molecule has 1 amide bonds. The highest BCUT2D eigenvalue weighted by Gasteiger charge is 2.30. The summed E-state index contributed by atoms with van der Waals surface area (Å²) < 4.78 is 19.1. The van der Waals surface area contributed by atoms with Crippen LogP contribution < -0.4 is 4.74 Å². The Labute approximate surface area is 205 Å². The van der Waals surface area contributed by atoms with Crippen LogP contribution in [0, 0.1) is 11.7 Å². The largest absolute Gasteiger partial charge is 0.477 e. The molecule has 0 saturated carbocycles. The predicted molar refractivity (Wildman–Crippen MR) is 131 cm³/mol. The Morgan fingerprint density at radius 2 is 1.82 bits per heavy atom. The predicted octanol–water partition coefficient (Wildman–Crippen LogP) is 6.07. The summed E-state index contributed by atoms with van der Waals surface area (Å²) >= 11 is 6.27. The van der Waals surface area contributed by atoms with E-state index in [2.05, 4.69) is 28.8 Å². The monoisotopic (exact) mass is 484 g/mol. The second-order valence-corrected chi connectivity index (χ2v) is 8.65. The van der Waals surface area contributed by atoms with Crippen molar-refractivity contribution >= 4 is 17.5 Å². The fourth-order valence-electron chi connectivity index (χ4n) is 4.11. The van der Waals surface area contributed by atoms with Crippen molar-refractivity contribution in [2.45, 2.75) is 45.6 Å². The lowest BCUT2D eigenvalue weighted by Gasteiger charge is -2.35. The molecule has 2 heterocycles. The Morgan fingerprint density at radius 3 is 2.47 bits per heavy atom. The number of hydrogen-bond donors (Lipinski definition) is 0. The lowest BCUT2D eigenvalue weighted by atomic mass is 9.90. The number of halogens is 2. The van der Waals surface area contributed by atoms with Crippen LogP contribution in [-0.2, 0) is 0 Å². The molecule has 0 N–H and O–H groups in total. The lowest BCUT2D eigenvalue weighted by molar-refractivity contribution is 0.0595. The normalized spacial score (nSPS) is 12.7. The van der Waals surface area contributed by atoms with Crippen LogP contribution in [0.2, 0.25) is 5.02 Å². The van der Waals surface area contributed by atoms with E-state index in [1.165, 1.54) is 12.1 Å². The van der Waals surface area contributed by atoms with Crippen molar-refractivity contribution in [1.29, 1.82) is 0 Å². The molecule has 180 valence electrons. The molecule has 0 saturated heterocycles. The molecular formula is C26H30ClFN4O2.